The Morgan fingerprint density at radius 2 is 1.92 bits per heavy atom. The maximum absolute atomic E-state index is 12.8. The Morgan fingerprint density at radius 3 is 2.64 bits per heavy atom. The molecule has 2 aliphatic rings. The van der Waals surface area contributed by atoms with Gasteiger partial charge in [-0.3, -0.25) is 14.5 Å². The van der Waals surface area contributed by atoms with Gasteiger partial charge >= 0.3 is 0 Å². The molecule has 1 unspecified atom stereocenters. The monoisotopic (exact) mass is 520 g/mol. The van der Waals surface area contributed by atoms with E-state index in [0.717, 1.165) is 75.7 Å². The second-order valence-electron chi connectivity index (χ2n) is 10.8. The number of benzene rings is 2. The van der Waals surface area contributed by atoms with Crippen molar-refractivity contribution >= 4 is 27.7 Å². The summed E-state index contributed by atoms with van der Waals surface area (Å²) in [6, 6.07) is 14.5. The number of hydrogen-bond donors (Lipinski definition) is 3. The topological polar surface area (TPSA) is 96.9 Å². The number of rotatable bonds is 7. The van der Waals surface area contributed by atoms with Crippen molar-refractivity contribution in [2.45, 2.75) is 44.2 Å². The number of H-pyrrole nitrogens is 1. The number of fused-ring (bicyclic) bond motifs is 3. The van der Waals surface area contributed by atoms with E-state index >= 15 is 0 Å². The van der Waals surface area contributed by atoms with Gasteiger partial charge in [-0.1, -0.05) is 12.1 Å². The summed E-state index contributed by atoms with van der Waals surface area (Å²) in [5.41, 5.74) is 6.55. The molecule has 0 radical (unpaired) electrons. The molecule has 1 saturated carbocycles. The lowest BCUT2D eigenvalue weighted by Gasteiger charge is -2.28. The molecule has 1 aliphatic heterocycles. The zero-order chi connectivity index (χ0) is 26.3. The molecule has 1 atom stereocenters. The van der Waals surface area contributed by atoms with Crippen LogP contribution in [0.15, 0.2) is 61.1 Å². The Balaban J connectivity index is 1.30. The van der Waals surface area contributed by atoms with E-state index in [9.17, 15) is 4.79 Å². The second kappa shape index (κ2) is 9.85. The molecule has 3 aromatic heterocycles. The van der Waals surface area contributed by atoms with Gasteiger partial charge in [0.05, 0.1) is 29.7 Å². The summed E-state index contributed by atoms with van der Waals surface area (Å²) < 4.78 is 8.31. The van der Waals surface area contributed by atoms with Crippen LogP contribution < -0.4 is 15.4 Å². The minimum absolute atomic E-state index is 0.0429. The molecule has 8 nitrogen and oxygen atoms in total. The normalized spacial score (nSPS) is 17.5. The van der Waals surface area contributed by atoms with Crippen molar-refractivity contribution in [3.63, 3.8) is 0 Å². The highest BCUT2D eigenvalue weighted by Crippen LogP contribution is 2.43. The Hall–Kier alpha value is -4.17. The number of carbonyl (C=O) groups excluding carboxylic acids is 1. The minimum atomic E-state index is -0.0429. The third kappa shape index (κ3) is 4.55. The molecule has 5 aromatic rings. The van der Waals surface area contributed by atoms with Crippen LogP contribution in [0.1, 0.15) is 42.5 Å². The van der Waals surface area contributed by atoms with Crippen molar-refractivity contribution in [2.75, 3.05) is 13.1 Å². The molecule has 2 aromatic carbocycles. The smallest absolute Gasteiger partial charge is 0.251 e. The molecule has 8 heteroatoms. The Morgan fingerprint density at radius 1 is 1.05 bits per heavy atom. The molecule has 7 rings (SSSR count). The van der Waals surface area contributed by atoms with Crippen LogP contribution in [0, 0.1) is 0 Å². The first-order chi connectivity index (χ1) is 19.1. The molecule has 39 heavy (non-hydrogen) atoms. The molecule has 1 amide bonds. The van der Waals surface area contributed by atoms with E-state index in [1.54, 1.807) is 4.68 Å². The standard InChI is InChI=1S/C31H32N6O2/c1-37-18-21(15-35-37)26-14-24-27(17-33-26)36-25-11-12-28(39-23-5-2-6-23)29(30(24)25)19-7-9-20(10-8-19)31(38)34-16-22-4-3-13-32-22/h7-12,14-15,17-18,22-23,32,36H,2-6,13,16H2,1H3,(H,34,38). The van der Waals surface area contributed by atoms with E-state index in [1.807, 2.05) is 49.9 Å². The van der Waals surface area contributed by atoms with Gasteiger partial charge in [-0.2, -0.15) is 5.10 Å². The molecule has 0 bridgehead atoms. The lowest BCUT2D eigenvalue weighted by atomic mass is 9.94. The summed E-state index contributed by atoms with van der Waals surface area (Å²) in [6.07, 6.45) is 11.6. The fourth-order valence-corrected chi connectivity index (χ4v) is 5.68. The van der Waals surface area contributed by atoms with Gasteiger partial charge in [0.15, 0.2) is 0 Å². The van der Waals surface area contributed by atoms with Gasteiger partial charge in [-0.25, -0.2) is 0 Å². The van der Waals surface area contributed by atoms with E-state index in [1.165, 1.54) is 12.8 Å². The van der Waals surface area contributed by atoms with Crippen LogP contribution in [0.4, 0.5) is 0 Å². The fraction of sp³-hybridized carbons (Fsp3) is 0.323. The summed E-state index contributed by atoms with van der Waals surface area (Å²) >= 11 is 0. The molecular weight excluding hydrogens is 488 g/mol. The number of pyridine rings is 1. The van der Waals surface area contributed by atoms with Crippen LogP contribution in [0.2, 0.25) is 0 Å². The minimum Gasteiger partial charge on any atom is -0.490 e. The molecular formula is C31H32N6O2. The number of carbonyl (C=O) groups is 1. The first-order valence-corrected chi connectivity index (χ1v) is 13.8. The Bertz CT molecular complexity index is 1660. The molecule has 2 fully saturated rings. The number of amides is 1. The average molecular weight is 521 g/mol. The number of nitrogens with zero attached hydrogens (tertiary/aromatic N) is 3. The highest BCUT2D eigenvalue weighted by molar-refractivity contribution is 6.16. The number of ether oxygens (including phenoxy) is 1. The predicted octanol–water partition coefficient (Wildman–Crippen LogP) is 5.20. The maximum Gasteiger partial charge on any atom is 0.251 e. The summed E-state index contributed by atoms with van der Waals surface area (Å²) in [6.45, 7) is 1.68. The maximum atomic E-state index is 12.8. The van der Waals surface area contributed by atoms with Crippen molar-refractivity contribution in [1.82, 2.24) is 30.4 Å². The van der Waals surface area contributed by atoms with E-state index in [4.69, 9.17) is 9.72 Å². The van der Waals surface area contributed by atoms with E-state index in [2.05, 4.69) is 38.9 Å². The lowest BCUT2D eigenvalue weighted by molar-refractivity contribution is 0.0950. The van der Waals surface area contributed by atoms with Crippen molar-refractivity contribution in [2.24, 2.45) is 7.05 Å². The van der Waals surface area contributed by atoms with Crippen LogP contribution in [-0.4, -0.2) is 50.9 Å². The van der Waals surface area contributed by atoms with Gasteiger partial charge in [0.2, 0.25) is 0 Å². The fourth-order valence-electron chi connectivity index (χ4n) is 5.68. The third-order valence-corrected chi connectivity index (χ3v) is 8.06. The summed E-state index contributed by atoms with van der Waals surface area (Å²) in [4.78, 5) is 21.1. The number of aryl methyl sites for hydroxylation is 1. The molecule has 198 valence electrons. The van der Waals surface area contributed by atoms with Gasteiger partial charge in [-0.15, -0.1) is 0 Å². The predicted molar refractivity (Wildman–Crippen MR) is 153 cm³/mol. The highest BCUT2D eigenvalue weighted by atomic mass is 16.5. The average Bonchev–Trinajstić information content (AvgIpc) is 3.69. The Kier molecular flexibility index (Phi) is 6.04. The van der Waals surface area contributed by atoms with Crippen LogP contribution in [0.5, 0.6) is 5.75 Å². The van der Waals surface area contributed by atoms with Crippen molar-refractivity contribution < 1.29 is 9.53 Å². The van der Waals surface area contributed by atoms with Crippen LogP contribution in [0.25, 0.3) is 44.2 Å². The van der Waals surface area contributed by atoms with Crippen LogP contribution in [-0.2, 0) is 7.05 Å². The molecule has 4 heterocycles. The number of aromatic amines is 1. The largest absolute Gasteiger partial charge is 0.490 e. The zero-order valence-corrected chi connectivity index (χ0v) is 22.0. The molecule has 1 saturated heterocycles. The summed E-state index contributed by atoms with van der Waals surface area (Å²) in [5.74, 6) is 0.830. The highest BCUT2D eigenvalue weighted by Gasteiger charge is 2.23. The van der Waals surface area contributed by atoms with E-state index in [-0.39, 0.29) is 12.0 Å². The van der Waals surface area contributed by atoms with Gasteiger partial charge in [0.1, 0.15) is 5.75 Å². The van der Waals surface area contributed by atoms with Crippen molar-refractivity contribution in [3.05, 3.63) is 66.6 Å². The van der Waals surface area contributed by atoms with Crippen LogP contribution >= 0.6 is 0 Å². The molecule has 3 N–H and O–H groups in total. The first kappa shape index (κ1) is 23.9. The number of nitrogens with one attached hydrogen (secondary N) is 3. The first-order valence-electron chi connectivity index (χ1n) is 13.8. The Labute approximate surface area is 226 Å². The second-order valence-corrected chi connectivity index (χ2v) is 10.8. The molecule has 0 spiro atoms. The number of hydrogen-bond acceptors (Lipinski definition) is 5. The van der Waals surface area contributed by atoms with Crippen LogP contribution in [0.3, 0.4) is 0 Å². The lowest BCUT2D eigenvalue weighted by Crippen LogP contribution is -2.37. The molecule has 1 aliphatic carbocycles. The SMILES string of the molecule is Cn1cc(-c2cc3c(cn2)[nH]c2ccc(OC4CCC4)c(-c4ccc(C(=O)NCC5CCCN5)cc4)c23)cn1. The van der Waals surface area contributed by atoms with E-state index in [0.29, 0.717) is 18.2 Å². The zero-order valence-electron chi connectivity index (χ0n) is 22.0. The number of aromatic nitrogens is 4. The quantitative estimate of drug-likeness (QED) is 0.274. The van der Waals surface area contributed by atoms with Crippen molar-refractivity contribution in [3.8, 4) is 28.1 Å². The van der Waals surface area contributed by atoms with E-state index < -0.39 is 0 Å². The summed E-state index contributed by atoms with van der Waals surface area (Å²) in [5, 5.41) is 13.0. The van der Waals surface area contributed by atoms with Gasteiger partial charge in [0, 0.05) is 58.8 Å². The van der Waals surface area contributed by atoms with Gasteiger partial charge < -0.3 is 20.4 Å². The third-order valence-electron chi connectivity index (χ3n) is 8.06. The van der Waals surface area contributed by atoms with Crippen molar-refractivity contribution in [1.29, 1.82) is 0 Å². The summed E-state index contributed by atoms with van der Waals surface area (Å²) in [7, 11) is 1.91. The van der Waals surface area contributed by atoms with Gasteiger partial charge in [-0.05, 0) is 74.5 Å². The van der Waals surface area contributed by atoms with Gasteiger partial charge in [0.25, 0.3) is 5.91 Å².